The first-order valence-corrected chi connectivity index (χ1v) is 18.7. The lowest BCUT2D eigenvalue weighted by Crippen LogP contribution is -2.55. The molecule has 4 aliphatic heterocycles. The first-order valence-electron chi connectivity index (χ1n) is 18.7. The second kappa shape index (κ2) is 15.1. The highest BCUT2D eigenvalue weighted by molar-refractivity contribution is 6.31. The van der Waals surface area contributed by atoms with Gasteiger partial charge in [0.05, 0.1) is 55.3 Å². The number of carbonyl (C=O) groups excluding carboxylic acids is 3. The summed E-state index contributed by atoms with van der Waals surface area (Å²) in [5.41, 5.74) is -3.27. The maximum Gasteiger partial charge on any atom is 0.202 e. The fourth-order valence-corrected chi connectivity index (χ4v) is 9.14. The summed E-state index contributed by atoms with van der Waals surface area (Å²) in [5.74, 6) is -3.31. The summed E-state index contributed by atoms with van der Waals surface area (Å²) in [6.45, 7) is 2.69. The maximum atomic E-state index is 14.1. The molecule has 3 N–H and O–H groups in total. The molecule has 10 atom stereocenters. The van der Waals surface area contributed by atoms with E-state index < -0.39 is 102 Å². The number of rotatable bonds is 10. The van der Waals surface area contributed by atoms with Gasteiger partial charge in [0.15, 0.2) is 36.7 Å². The van der Waals surface area contributed by atoms with Crippen LogP contribution in [0.1, 0.15) is 88.1 Å². The lowest BCUT2D eigenvalue weighted by Gasteiger charge is -2.43. The molecule has 0 spiro atoms. The molecule has 4 saturated heterocycles. The van der Waals surface area contributed by atoms with Crippen LogP contribution in [0.5, 0.6) is 17.2 Å². The summed E-state index contributed by atoms with van der Waals surface area (Å²) < 4.78 is 52.9. The number of carbonyl (C=O) groups is 3. The van der Waals surface area contributed by atoms with E-state index in [-0.39, 0.29) is 46.3 Å². The van der Waals surface area contributed by atoms with Crippen molar-refractivity contribution in [3.63, 3.8) is 0 Å². The van der Waals surface area contributed by atoms with Crippen LogP contribution >= 0.6 is 0 Å². The van der Waals surface area contributed by atoms with Crippen LogP contribution in [-0.2, 0) is 49.1 Å². The van der Waals surface area contributed by atoms with E-state index in [0.717, 1.165) is 12.8 Å². The number of nitrogens with zero attached hydrogens (tertiary/aromatic N) is 1. The molecule has 298 valence electrons. The minimum absolute atomic E-state index is 0.0239. The molecule has 16 nitrogen and oxygen atoms in total. The number of ether oxygens (including phenoxy) is 9. The average Bonchev–Trinajstić information content (AvgIpc) is 3.56. The summed E-state index contributed by atoms with van der Waals surface area (Å²) in [4.78, 5) is 44.3. The number of fused-ring (bicyclic) bond motifs is 6. The van der Waals surface area contributed by atoms with Gasteiger partial charge in [0.2, 0.25) is 5.78 Å². The highest BCUT2D eigenvalue weighted by Crippen LogP contribution is 2.53. The smallest absolute Gasteiger partial charge is 0.202 e. The van der Waals surface area contributed by atoms with Crippen molar-refractivity contribution >= 4 is 17.3 Å². The Hall–Kier alpha value is -3.55. The molecule has 16 heteroatoms. The number of aromatic hydroxyl groups is 2. The molecule has 2 aliphatic carbocycles. The lowest BCUT2D eigenvalue weighted by atomic mass is 9.72. The van der Waals surface area contributed by atoms with Gasteiger partial charge in [-0.2, -0.15) is 0 Å². The number of methoxy groups -OCH3 is 3. The van der Waals surface area contributed by atoms with Crippen molar-refractivity contribution in [1.82, 2.24) is 4.90 Å². The quantitative estimate of drug-likeness (QED) is 0.254. The Morgan fingerprint density at radius 3 is 2.56 bits per heavy atom. The summed E-state index contributed by atoms with van der Waals surface area (Å²) >= 11 is 0. The van der Waals surface area contributed by atoms with Crippen LogP contribution in [0.4, 0.5) is 0 Å². The van der Waals surface area contributed by atoms with E-state index in [0.29, 0.717) is 32.6 Å². The molecule has 2 aromatic carbocycles. The summed E-state index contributed by atoms with van der Waals surface area (Å²) in [5, 5.41) is 36.1. The molecule has 4 fully saturated rings. The lowest BCUT2D eigenvalue weighted by molar-refractivity contribution is -0.256. The van der Waals surface area contributed by atoms with Crippen LogP contribution in [-0.4, -0.2) is 140 Å². The fourth-order valence-electron chi connectivity index (χ4n) is 9.14. The predicted molar refractivity (Wildman–Crippen MR) is 187 cm³/mol. The maximum absolute atomic E-state index is 14.1. The van der Waals surface area contributed by atoms with Crippen LogP contribution in [0.25, 0.3) is 0 Å². The first-order chi connectivity index (χ1) is 26.5. The van der Waals surface area contributed by atoms with Crippen LogP contribution in [0.15, 0.2) is 18.2 Å². The van der Waals surface area contributed by atoms with Gasteiger partial charge in [-0.05, 0) is 32.3 Å². The van der Waals surface area contributed by atoms with Crippen LogP contribution in [0.2, 0.25) is 0 Å². The molecule has 2 aromatic rings. The molecule has 4 heterocycles. The number of benzene rings is 2. The van der Waals surface area contributed by atoms with E-state index >= 15 is 0 Å². The molecule has 0 saturated carbocycles. The summed E-state index contributed by atoms with van der Waals surface area (Å²) in [7, 11) is 4.48. The number of hydrogen-bond acceptors (Lipinski definition) is 16. The molecule has 0 bridgehead atoms. The van der Waals surface area contributed by atoms with E-state index in [4.69, 9.17) is 42.6 Å². The van der Waals surface area contributed by atoms with Gasteiger partial charge in [0, 0.05) is 62.8 Å². The third-order valence-corrected chi connectivity index (χ3v) is 11.8. The number of phenolic OH excluding ortho intramolecular Hbond substituents is 2. The third kappa shape index (κ3) is 6.55. The van der Waals surface area contributed by atoms with E-state index in [1.54, 1.807) is 14.2 Å². The predicted octanol–water partition coefficient (Wildman–Crippen LogP) is 2.28. The minimum atomic E-state index is -2.19. The van der Waals surface area contributed by atoms with Crippen molar-refractivity contribution in [1.29, 1.82) is 0 Å². The summed E-state index contributed by atoms with van der Waals surface area (Å²) in [6, 6.07) is 4.32. The van der Waals surface area contributed by atoms with Gasteiger partial charge in [0.1, 0.15) is 35.6 Å². The van der Waals surface area contributed by atoms with Gasteiger partial charge >= 0.3 is 0 Å². The Morgan fingerprint density at radius 2 is 1.80 bits per heavy atom. The first kappa shape index (κ1) is 38.3. The highest BCUT2D eigenvalue weighted by atomic mass is 16.7. The van der Waals surface area contributed by atoms with E-state index in [1.165, 1.54) is 25.3 Å². The van der Waals surface area contributed by atoms with Gasteiger partial charge in [-0.25, -0.2) is 0 Å². The third-order valence-electron chi connectivity index (χ3n) is 11.8. The molecule has 2 unspecified atom stereocenters. The summed E-state index contributed by atoms with van der Waals surface area (Å²) in [6.07, 6.45) is -3.50. The Balaban J connectivity index is 1.14. The Kier molecular flexibility index (Phi) is 10.5. The largest absolute Gasteiger partial charge is 0.507 e. The topological polar surface area (TPSA) is 198 Å². The van der Waals surface area contributed by atoms with Crippen molar-refractivity contribution in [2.24, 2.45) is 0 Å². The normalized spacial score (nSPS) is 34.3. The number of Topliss-reactive ketones (excluding diaryl/α,β-unsaturated/α-hetero) is 1. The van der Waals surface area contributed by atoms with Crippen molar-refractivity contribution in [2.75, 3.05) is 47.7 Å². The van der Waals surface area contributed by atoms with E-state index in [1.807, 2.05) is 6.92 Å². The second-order valence-corrected chi connectivity index (χ2v) is 15.0. The number of ketones is 3. The SMILES string of the molecule is COCC1CCCC(OCC(=O)[C@]2(O)Cc3c(O)c4c(c(O)c3[C@@H](O[C@H]3C[C@H]5[C@H](O[C@@H]6[C@@H](OC)OCCN65)[C@H](C)O3)C2)C(=O)c2c(OC)cccc2C4=O)O1. The molecular formula is C39H47NO15. The highest BCUT2D eigenvalue weighted by Gasteiger charge is 2.55. The standard InChI is InChI=1S/C39H47NO15/c1-18-36-22(40-11-12-50-38(49-4)37(40)55-36)13-27(52-18)54-24-15-39(46,25(41)17-51-26-10-5-7-19(53-26)16-47-2)14-21-29(24)35(45)31-30(33(21)43)32(42)20-8-6-9-23(48-3)28(20)34(31)44/h6,8-9,18-19,22,24,26-27,36-38,43,45-46H,5,7,10-17H2,1-4H3/t18-,19?,22-,24-,26?,27-,36+,37+,38-,39-/m0/s1. The Bertz CT molecular complexity index is 1850. The molecule has 55 heavy (non-hydrogen) atoms. The van der Waals surface area contributed by atoms with Crippen molar-refractivity contribution in [3.8, 4) is 17.2 Å². The number of hydrogen-bond donors (Lipinski definition) is 3. The van der Waals surface area contributed by atoms with Crippen molar-refractivity contribution in [3.05, 3.63) is 51.6 Å². The Labute approximate surface area is 317 Å². The van der Waals surface area contributed by atoms with Crippen LogP contribution in [0, 0.1) is 0 Å². The van der Waals surface area contributed by atoms with Gasteiger partial charge in [-0.3, -0.25) is 19.3 Å². The monoisotopic (exact) mass is 769 g/mol. The van der Waals surface area contributed by atoms with Crippen LogP contribution in [0.3, 0.4) is 0 Å². The minimum Gasteiger partial charge on any atom is -0.507 e. The van der Waals surface area contributed by atoms with Gasteiger partial charge < -0.3 is 58.0 Å². The molecule has 0 aromatic heterocycles. The van der Waals surface area contributed by atoms with Gasteiger partial charge in [0.25, 0.3) is 0 Å². The van der Waals surface area contributed by atoms with Crippen LogP contribution < -0.4 is 4.74 Å². The molecule has 0 amide bonds. The van der Waals surface area contributed by atoms with Gasteiger partial charge in [-0.1, -0.05) is 12.1 Å². The van der Waals surface area contributed by atoms with Crippen molar-refractivity contribution < 1.29 is 72.3 Å². The zero-order chi connectivity index (χ0) is 38.8. The zero-order valence-corrected chi connectivity index (χ0v) is 31.2. The number of morpholine rings is 1. The molecular weight excluding hydrogens is 722 g/mol. The average molecular weight is 770 g/mol. The van der Waals surface area contributed by atoms with E-state index in [2.05, 4.69) is 4.90 Å². The number of aliphatic hydroxyl groups is 1. The molecule has 8 rings (SSSR count). The van der Waals surface area contributed by atoms with E-state index in [9.17, 15) is 29.7 Å². The van der Waals surface area contributed by atoms with Gasteiger partial charge in [-0.15, -0.1) is 0 Å². The molecule has 6 aliphatic rings. The molecule has 0 radical (unpaired) electrons. The van der Waals surface area contributed by atoms with Crippen molar-refractivity contribution in [2.45, 2.75) is 107 Å². The second-order valence-electron chi connectivity index (χ2n) is 15.0. The Morgan fingerprint density at radius 1 is 1.00 bits per heavy atom. The zero-order valence-electron chi connectivity index (χ0n) is 31.2. The number of phenols is 2. The fraction of sp³-hybridized carbons (Fsp3) is 0.615.